The van der Waals surface area contributed by atoms with Crippen molar-refractivity contribution in [2.24, 2.45) is 0 Å². The molecule has 0 aliphatic carbocycles. The Morgan fingerprint density at radius 3 is 2.70 bits per heavy atom. The van der Waals surface area contributed by atoms with Gasteiger partial charge in [-0.05, 0) is 17.7 Å². The molecule has 0 radical (unpaired) electrons. The molecule has 0 aliphatic rings. The van der Waals surface area contributed by atoms with E-state index in [-0.39, 0.29) is 11.9 Å². The number of hydrogen-bond acceptors (Lipinski definition) is 6. The second kappa shape index (κ2) is 7.85. The number of nitrogens with zero attached hydrogens (tertiary/aromatic N) is 3. The number of amides is 1. The summed E-state index contributed by atoms with van der Waals surface area (Å²) in [6, 6.07) is 15.2. The number of carbonyl (C=O) groups excluding carboxylic acids is 1. The van der Waals surface area contributed by atoms with E-state index in [2.05, 4.69) is 20.5 Å². The third kappa shape index (κ3) is 4.37. The third-order valence-electron chi connectivity index (χ3n) is 3.09. The maximum atomic E-state index is 12.3. The van der Waals surface area contributed by atoms with Crippen LogP contribution in [0.2, 0.25) is 0 Å². The number of thioether (sulfide) groups is 1. The maximum absolute atomic E-state index is 12.3. The first-order valence-electron chi connectivity index (χ1n) is 6.97. The lowest BCUT2D eigenvalue weighted by atomic mass is 10.0. The van der Waals surface area contributed by atoms with Crippen LogP contribution in [-0.2, 0) is 4.79 Å². The number of carbonyl (C=O) groups is 1. The Morgan fingerprint density at radius 1 is 1.17 bits per heavy atom. The lowest BCUT2D eigenvalue weighted by molar-refractivity contribution is -0.119. The Morgan fingerprint density at radius 2 is 2.00 bits per heavy atom. The van der Waals surface area contributed by atoms with E-state index in [1.54, 1.807) is 11.7 Å². The molecule has 0 spiro atoms. The predicted octanol–water partition coefficient (Wildman–Crippen LogP) is 2.93. The summed E-state index contributed by atoms with van der Waals surface area (Å²) in [5.41, 5.74) is 3.47. The first-order valence-corrected chi connectivity index (χ1v) is 8.83. The van der Waals surface area contributed by atoms with E-state index in [0.717, 1.165) is 15.6 Å². The minimum Gasteiger partial charge on any atom is -0.343 e. The molecular weight excluding hydrogens is 328 g/mol. The van der Waals surface area contributed by atoms with Crippen molar-refractivity contribution >= 4 is 29.0 Å². The molecule has 7 heteroatoms. The van der Waals surface area contributed by atoms with Crippen LogP contribution in [0.25, 0.3) is 0 Å². The number of rotatable bonds is 6. The Hall–Kier alpha value is -2.25. The number of hydrogen-bond donors (Lipinski definition) is 1. The van der Waals surface area contributed by atoms with Gasteiger partial charge in [0.1, 0.15) is 5.51 Å². The van der Waals surface area contributed by atoms with Crippen LogP contribution in [0.5, 0.6) is 0 Å². The average molecular weight is 342 g/mol. The standard InChI is InChI=1S/C16H14N4OS2/c21-14(10-22-16-20-18-11-23-16)19-15(12-6-2-1-3-7-12)13-8-4-5-9-17-13/h1-9,11,15H,10H2,(H,19,21). The predicted molar refractivity (Wildman–Crippen MR) is 91.3 cm³/mol. The van der Waals surface area contributed by atoms with Crippen LogP contribution in [-0.4, -0.2) is 26.8 Å². The van der Waals surface area contributed by atoms with Crippen molar-refractivity contribution < 1.29 is 4.79 Å². The van der Waals surface area contributed by atoms with Gasteiger partial charge in [-0.3, -0.25) is 9.78 Å². The van der Waals surface area contributed by atoms with Gasteiger partial charge < -0.3 is 5.32 Å². The van der Waals surface area contributed by atoms with Gasteiger partial charge in [-0.1, -0.05) is 59.5 Å². The minimum atomic E-state index is -0.264. The topological polar surface area (TPSA) is 67.8 Å². The smallest absolute Gasteiger partial charge is 0.231 e. The molecule has 3 rings (SSSR count). The zero-order valence-electron chi connectivity index (χ0n) is 12.1. The molecule has 2 aromatic heterocycles. The van der Waals surface area contributed by atoms with Gasteiger partial charge in [0.25, 0.3) is 0 Å². The summed E-state index contributed by atoms with van der Waals surface area (Å²) in [4.78, 5) is 16.7. The summed E-state index contributed by atoms with van der Waals surface area (Å²) in [5.74, 6) is 0.232. The van der Waals surface area contributed by atoms with Gasteiger partial charge in [-0.2, -0.15) is 0 Å². The summed E-state index contributed by atoms with van der Waals surface area (Å²) in [5, 5.41) is 10.7. The van der Waals surface area contributed by atoms with Crippen molar-refractivity contribution in [2.75, 3.05) is 5.75 Å². The second-order valence-electron chi connectivity index (χ2n) is 4.66. The summed E-state index contributed by atoms with van der Waals surface area (Å²) in [6.07, 6.45) is 1.73. The summed E-state index contributed by atoms with van der Waals surface area (Å²) >= 11 is 2.80. The van der Waals surface area contributed by atoms with E-state index >= 15 is 0 Å². The van der Waals surface area contributed by atoms with E-state index in [1.165, 1.54) is 23.1 Å². The molecule has 0 fully saturated rings. The van der Waals surface area contributed by atoms with Crippen LogP contribution in [0, 0.1) is 0 Å². The molecule has 0 bridgehead atoms. The summed E-state index contributed by atoms with van der Waals surface area (Å²) < 4.78 is 0.786. The van der Waals surface area contributed by atoms with Crippen LogP contribution in [0.15, 0.2) is 64.6 Å². The fraction of sp³-hybridized carbons (Fsp3) is 0.125. The van der Waals surface area contributed by atoms with Crippen LogP contribution >= 0.6 is 23.1 Å². The minimum absolute atomic E-state index is 0.0651. The van der Waals surface area contributed by atoms with Crippen LogP contribution in [0.4, 0.5) is 0 Å². The largest absolute Gasteiger partial charge is 0.343 e. The van der Waals surface area contributed by atoms with E-state index in [4.69, 9.17) is 0 Å². The van der Waals surface area contributed by atoms with Crippen molar-refractivity contribution in [3.63, 3.8) is 0 Å². The molecule has 0 saturated carbocycles. The molecular formula is C16H14N4OS2. The Bertz CT molecular complexity index is 696. The van der Waals surface area contributed by atoms with Gasteiger partial charge in [0.15, 0.2) is 4.34 Å². The third-order valence-corrected chi connectivity index (χ3v) is 4.95. The van der Waals surface area contributed by atoms with Gasteiger partial charge in [0.2, 0.25) is 5.91 Å². The Kier molecular flexibility index (Phi) is 5.33. The summed E-state index contributed by atoms with van der Waals surface area (Å²) in [7, 11) is 0. The molecule has 116 valence electrons. The first-order chi connectivity index (χ1) is 11.3. The normalized spacial score (nSPS) is 11.8. The lowest BCUT2D eigenvalue weighted by Gasteiger charge is -2.18. The van der Waals surface area contributed by atoms with Gasteiger partial charge in [0.05, 0.1) is 17.5 Å². The maximum Gasteiger partial charge on any atom is 0.231 e. The molecule has 5 nitrogen and oxygen atoms in total. The SMILES string of the molecule is O=C(CSc1nncs1)NC(c1ccccc1)c1ccccn1. The monoisotopic (exact) mass is 342 g/mol. The molecule has 0 aliphatic heterocycles. The molecule has 1 atom stereocenters. The van der Waals surface area contributed by atoms with Crippen molar-refractivity contribution in [3.8, 4) is 0 Å². The van der Waals surface area contributed by atoms with Gasteiger partial charge in [-0.25, -0.2) is 0 Å². The molecule has 1 aromatic carbocycles. The van der Waals surface area contributed by atoms with Gasteiger partial charge >= 0.3 is 0 Å². The average Bonchev–Trinajstić information content (AvgIpc) is 3.13. The number of nitrogens with one attached hydrogen (secondary N) is 1. The highest BCUT2D eigenvalue weighted by Crippen LogP contribution is 2.22. The highest BCUT2D eigenvalue weighted by molar-refractivity contribution is 8.01. The van der Waals surface area contributed by atoms with Gasteiger partial charge in [0, 0.05) is 6.20 Å². The first kappa shape index (κ1) is 15.6. The molecule has 23 heavy (non-hydrogen) atoms. The van der Waals surface area contributed by atoms with E-state index in [0.29, 0.717) is 5.75 Å². The van der Waals surface area contributed by atoms with Crippen LogP contribution in [0.1, 0.15) is 17.3 Å². The van der Waals surface area contributed by atoms with Crippen LogP contribution < -0.4 is 5.32 Å². The quantitative estimate of drug-likeness (QED) is 0.698. The number of benzene rings is 1. The highest BCUT2D eigenvalue weighted by Gasteiger charge is 2.18. The van der Waals surface area contributed by atoms with E-state index in [1.807, 2.05) is 48.5 Å². The Balaban J connectivity index is 1.72. The van der Waals surface area contributed by atoms with Crippen molar-refractivity contribution in [1.29, 1.82) is 0 Å². The summed E-state index contributed by atoms with van der Waals surface area (Å²) in [6.45, 7) is 0. The molecule has 3 aromatic rings. The molecule has 1 unspecified atom stereocenters. The number of pyridine rings is 1. The van der Waals surface area contributed by atoms with Crippen molar-refractivity contribution in [1.82, 2.24) is 20.5 Å². The van der Waals surface area contributed by atoms with Gasteiger partial charge in [-0.15, -0.1) is 10.2 Å². The van der Waals surface area contributed by atoms with Crippen molar-refractivity contribution in [3.05, 3.63) is 71.5 Å². The fourth-order valence-electron chi connectivity index (χ4n) is 2.08. The highest BCUT2D eigenvalue weighted by atomic mass is 32.2. The zero-order valence-corrected chi connectivity index (χ0v) is 13.8. The van der Waals surface area contributed by atoms with Crippen molar-refractivity contribution in [2.45, 2.75) is 10.4 Å². The van der Waals surface area contributed by atoms with Crippen LogP contribution in [0.3, 0.4) is 0 Å². The van der Waals surface area contributed by atoms with E-state index in [9.17, 15) is 4.79 Å². The Labute approximate surface area is 142 Å². The fourth-order valence-corrected chi connectivity index (χ4v) is 3.38. The molecule has 2 heterocycles. The second-order valence-corrected chi connectivity index (χ2v) is 6.71. The van der Waals surface area contributed by atoms with E-state index < -0.39 is 0 Å². The lowest BCUT2D eigenvalue weighted by Crippen LogP contribution is -2.31. The molecule has 1 N–H and O–H groups in total. The molecule has 1 amide bonds. The molecule has 0 saturated heterocycles. The number of aromatic nitrogens is 3. The zero-order chi connectivity index (χ0) is 15.9.